The van der Waals surface area contributed by atoms with Crippen LogP contribution in [0.1, 0.15) is 49.9 Å². The molecule has 0 radical (unpaired) electrons. The molecule has 0 saturated carbocycles. The Hall–Kier alpha value is -2.24. The van der Waals surface area contributed by atoms with E-state index in [1.165, 1.54) is 4.90 Å². The molecule has 0 aromatic heterocycles. The third-order valence-corrected chi connectivity index (χ3v) is 3.91. The molecule has 1 heterocycles. The van der Waals surface area contributed by atoms with Crippen molar-refractivity contribution in [1.29, 1.82) is 0 Å². The molecule has 1 saturated heterocycles. The number of benzene rings is 1. The minimum absolute atomic E-state index is 0.275. The molecule has 24 heavy (non-hydrogen) atoms. The van der Waals surface area contributed by atoms with Gasteiger partial charge in [0.1, 0.15) is 6.04 Å². The Morgan fingerprint density at radius 2 is 1.83 bits per heavy atom. The molecule has 1 aromatic rings. The van der Waals surface area contributed by atoms with Crippen molar-refractivity contribution in [3.05, 3.63) is 23.8 Å². The minimum atomic E-state index is -0.953. The van der Waals surface area contributed by atoms with Crippen LogP contribution in [-0.4, -0.2) is 47.7 Å². The Morgan fingerprint density at radius 1 is 1.17 bits per heavy atom. The lowest BCUT2D eigenvalue weighted by Gasteiger charge is -2.22. The molecule has 132 valence electrons. The van der Waals surface area contributed by atoms with Crippen LogP contribution in [0.4, 0.5) is 0 Å². The van der Waals surface area contributed by atoms with Crippen molar-refractivity contribution in [3.63, 3.8) is 0 Å². The predicted octanol–water partition coefficient (Wildman–Crippen LogP) is 2.95. The van der Waals surface area contributed by atoms with Gasteiger partial charge in [0.2, 0.25) is 0 Å². The van der Waals surface area contributed by atoms with Gasteiger partial charge in [-0.25, -0.2) is 4.79 Å². The molecule has 1 amide bonds. The molecule has 1 atom stereocenters. The molecule has 0 aliphatic carbocycles. The van der Waals surface area contributed by atoms with Gasteiger partial charge in [-0.15, -0.1) is 0 Å². The van der Waals surface area contributed by atoms with Crippen molar-refractivity contribution < 1.29 is 24.2 Å². The van der Waals surface area contributed by atoms with Crippen molar-refractivity contribution >= 4 is 11.9 Å². The van der Waals surface area contributed by atoms with E-state index < -0.39 is 12.0 Å². The SMILES string of the molecule is CCCOc1ccc(C(=O)N2CCCC2C(=O)O)cc1OCCC. The average Bonchev–Trinajstić information content (AvgIpc) is 3.07. The highest BCUT2D eigenvalue weighted by atomic mass is 16.5. The van der Waals surface area contributed by atoms with Crippen LogP contribution in [0.5, 0.6) is 11.5 Å². The topological polar surface area (TPSA) is 76.1 Å². The quantitative estimate of drug-likeness (QED) is 0.790. The number of carbonyl (C=O) groups excluding carboxylic acids is 1. The first kappa shape index (κ1) is 18.1. The average molecular weight is 335 g/mol. The summed E-state index contributed by atoms with van der Waals surface area (Å²) in [5.74, 6) is -0.0882. The Bertz CT molecular complexity index is 587. The van der Waals surface area contributed by atoms with Gasteiger partial charge in [0.25, 0.3) is 5.91 Å². The largest absolute Gasteiger partial charge is 0.490 e. The number of ether oxygens (including phenoxy) is 2. The molecule has 0 spiro atoms. The standard InChI is InChI=1S/C18H25NO5/c1-3-10-23-15-8-7-13(12-16(15)24-11-4-2)17(20)19-9-5-6-14(19)18(21)22/h7-8,12,14H,3-6,9-11H2,1-2H3,(H,21,22). The second-order valence-corrected chi connectivity index (χ2v) is 5.85. The lowest BCUT2D eigenvalue weighted by molar-refractivity contribution is -0.141. The molecule has 1 aliphatic heterocycles. The highest BCUT2D eigenvalue weighted by molar-refractivity contribution is 5.97. The third-order valence-electron chi connectivity index (χ3n) is 3.91. The molecule has 1 aliphatic rings. The molecule has 6 nitrogen and oxygen atoms in total. The maximum atomic E-state index is 12.7. The van der Waals surface area contributed by atoms with E-state index in [9.17, 15) is 14.7 Å². The Balaban J connectivity index is 2.22. The van der Waals surface area contributed by atoms with Gasteiger partial charge in [0.15, 0.2) is 11.5 Å². The molecule has 6 heteroatoms. The number of aliphatic carboxylic acids is 1. The zero-order valence-electron chi connectivity index (χ0n) is 14.3. The Labute approximate surface area is 142 Å². The first-order chi connectivity index (χ1) is 11.6. The van der Waals surface area contributed by atoms with Crippen molar-refractivity contribution in [2.24, 2.45) is 0 Å². The zero-order chi connectivity index (χ0) is 17.5. The summed E-state index contributed by atoms with van der Waals surface area (Å²) in [6.07, 6.45) is 2.93. The van der Waals surface area contributed by atoms with Gasteiger partial charge in [-0.2, -0.15) is 0 Å². The fourth-order valence-electron chi connectivity index (χ4n) is 2.73. The molecule has 2 rings (SSSR count). The van der Waals surface area contributed by atoms with Crippen molar-refractivity contribution in [1.82, 2.24) is 4.90 Å². The highest BCUT2D eigenvalue weighted by Gasteiger charge is 2.34. The van der Waals surface area contributed by atoms with Gasteiger partial charge in [-0.3, -0.25) is 4.79 Å². The number of hydrogen-bond acceptors (Lipinski definition) is 4. The van der Waals surface area contributed by atoms with Crippen LogP contribution in [0.3, 0.4) is 0 Å². The Kier molecular flexibility index (Phi) is 6.46. The van der Waals surface area contributed by atoms with Crippen molar-refractivity contribution in [2.45, 2.75) is 45.6 Å². The van der Waals surface area contributed by atoms with E-state index in [0.717, 1.165) is 12.8 Å². The second kappa shape index (κ2) is 8.57. The summed E-state index contributed by atoms with van der Waals surface area (Å²) >= 11 is 0. The van der Waals surface area contributed by atoms with E-state index in [4.69, 9.17) is 9.47 Å². The monoisotopic (exact) mass is 335 g/mol. The number of amides is 1. The normalized spacial score (nSPS) is 16.9. The summed E-state index contributed by atoms with van der Waals surface area (Å²) in [6.45, 7) is 5.59. The van der Waals surface area contributed by atoms with E-state index >= 15 is 0 Å². The molecule has 0 bridgehead atoms. The van der Waals surface area contributed by atoms with E-state index in [1.807, 2.05) is 13.8 Å². The van der Waals surface area contributed by atoms with Crippen LogP contribution in [-0.2, 0) is 4.79 Å². The van der Waals surface area contributed by atoms with E-state index in [2.05, 4.69) is 0 Å². The van der Waals surface area contributed by atoms with Crippen LogP contribution < -0.4 is 9.47 Å². The summed E-state index contributed by atoms with van der Waals surface area (Å²) < 4.78 is 11.4. The summed E-state index contributed by atoms with van der Waals surface area (Å²) in [6, 6.07) is 4.30. The van der Waals surface area contributed by atoms with Gasteiger partial charge in [0.05, 0.1) is 13.2 Å². The molecular weight excluding hydrogens is 310 g/mol. The number of nitrogens with zero attached hydrogens (tertiary/aromatic N) is 1. The lowest BCUT2D eigenvalue weighted by atomic mass is 10.1. The number of carboxylic acid groups (broad SMARTS) is 1. The number of carbonyl (C=O) groups is 2. The van der Waals surface area contributed by atoms with Gasteiger partial charge < -0.3 is 19.5 Å². The van der Waals surface area contributed by atoms with Crippen LogP contribution in [0.25, 0.3) is 0 Å². The van der Waals surface area contributed by atoms with Crippen LogP contribution in [0.2, 0.25) is 0 Å². The lowest BCUT2D eigenvalue weighted by Crippen LogP contribution is -2.40. The van der Waals surface area contributed by atoms with Crippen LogP contribution in [0.15, 0.2) is 18.2 Å². The van der Waals surface area contributed by atoms with Crippen LogP contribution >= 0.6 is 0 Å². The number of likely N-dealkylation sites (tertiary alicyclic amines) is 1. The summed E-state index contributed by atoms with van der Waals surface area (Å²) in [7, 11) is 0. The Morgan fingerprint density at radius 3 is 2.46 bits per heavy atom. The van der Waals surface area contributed by atoms with Crippen molar-refractivity contribution in [3.8, 4) is 11.5 Å². The van der Waals surface area contributed by atoms with Gasteiger partial charge in [-0.1, -0.05) is 13.8 Å². The molecule has 1 N–H and O–H groups in total. The van der Waals surface area contributed by atoms with Gasteiger partial charge in [0, 0.05) is 12.1 Å². The maximum Gasteiger partial charge on any atom is 0.326 e. The first-order valence-electron chi connectivity index (χ1n) is 8.51. The number of rotatable bonds is 8. The summed E-state index contributed by atoms with van der Waals surface area (Å²) in [5.41, 5.74) is 0.429. The highest BCUT2D eigenvalue weighted by Crippen LogP contribution is 2.30. The molecule has 1 aromatic carbocycles. The van der Waals surface area contributed by atoms with E-state index in [-0.39, 0.29) is 5.91 Å². The summed E-state index contributed by atoms with van der Waals surface area (Å²) in [5, 5.41) is 9.25. The van der Waals surface area contributed by atoms with E-state index in [1.54, 1.807) is 18.2 Å². The van der Waals surface area contributed by atoms with Crippen LogP contribution in [0, 0.1) is 0 Å². The predicted molar refractivity (Wildman–Crippen MR) is 89.7 cm³/mol. The minimum Gasteiger partial charge on any atom is -0.490 e. The molecule has 1 unspecified atom stereocenters. The third kappa shape index (κ3) is 4.19. The second-order valence-electron chi connectivity index (χ2n) is 5.85. The van der Waals surface area contributed by atoms with Gasteiger partial charge >= 0.3 is 5.97 Å². The summed E-state index contributed by atoms with van der Waals surface area (Å²) in [4.78, 5) is 25.4. The molecular formula is C18H25NO5. The maximum absolute atomic E-state index is 12.7. The molecule has 1 fully saturated rings. The first-order valence-corrected chi connectivity index (χ1v) is 8.51. The number of carboxylic acids is 1. The van der Waals surface area contributed by atoms with Crippen molar-refractivity contribution in [2.75, 3.05) is 19.8 Å². The fraction of sp³-hybridized carbons (Fsp3) is 0.556. The zero-order valence-corrected chi connectivity index (χ0v) is 14.3. The van der Waals surface area contributed by atoms with E-state index in [0.29, 0.717) is 49.7 Å². The smallest absolute Gasteiger partial charge is 0.326 e. The number of hydrogen-bond donors (Lipinski definition) is 1. The van der Waals surface area contributed by atoms with Gasteiger partial charge in [-0.05, 0) is 43.9 Å². The fourth-order valence-corrected chi connectivity index (χ4v) is 2.73.